The van der Waals surface area contributed by atoms with Crippen LogP contribution in [0.1, 0.15) is 34.1 Å². The summed E-state index contributed by atoms with van der Waals surface area (Å²) in [7, 11) is 0. The lowest BCUT2D eigenvalue weighted by molar-refractivity contribution is -0.134. The Morgan fingerprint density at radius 3 is 1.94 bits per heavy atom. The Morgan fingerprint density at radius 2 is 1.47 bits per heavy atom. The molecule has 0 aliphatic rings. The smallest absolute Gasteiger partial charge is 0.249 e. The SMILES string of the molecule is CC(C)CNC(=O)C[C@H](O)C(=O)NCC(C)C. The summed E-state index contributed by atoms with van der Waals surface area (Å²) in [5.74, 6) is -0.115. The van der Waals surface area contributed by atoms with Gasteiger partial charge >= 0.3 is 0 Å². The van der Waals surface area contributed by atoms with E-state index in [1.807, 2.05) is 27.7 Å². The normalized spacial score (nSPS) is 12.6. The van der Waals surface area contributed by atoms with E-state index in [0.717, 1.165) is 0 Å². The summed E-state index contributed by atoms with van der Waals surface area (Å²) in [6, 6.07) is 0. The standard InChI is InChI=1S/C12H24N2O3/c1-8(2)6-13-11(16)5-10(15)12(17)14-7-9(3)4/h8-10,15H,5-7H2,1-4H3,(H,13,16)(H,14,17)/t10-/m0/s1. The molecule has 0 bridgehead atoms. The molecule has 5 nitrogen and oxygen atoms in total. The fourth-order valence-electron chi connectivity index (χ4n) is 1.08. The van der Waals surface area contributed by atoms with Crippen molar-refractivity contribution in [3.05, 3.63) is 0 Å². The van der Waals surface area contributed by atoms with Crippen LogP contribution in [0.3, 0.4) is 0 Å². The Labute approximate surface area is 103 Å². The molecule has 1 atom stereocenters. The monoisotopic (exact) mass is 244 g/mol. The van der Waals surface area contributed by atoms with E-state index in [-0.39, 0.29) is 12.3 Å². The van der Waals surface area contributed by atoms with Crippen molar-refractivity contribution in [3.8, 4) is 0 Å². The molecule has 0 fully saturated rings. The minimum absolute atomic E-state index is 0.184. The Hall–Kier alpha value is -1.10. The average molecular weight is 244 g/mol. The van der Waals surface area contributed by atoms with Crippen LogP contribution in [-0.4, -0.2) is 36.1 Å². The molecule has 0 aliphatic heterocycles. The first-order chi connectivity index (χ1) is 7.82. The molecule has 3 N–H and O–H groups in total. The molecule has 100 valence electrons. The van der Waals surface area contributed by atoms with E-state index in [1.54, 1.807) is 0 Å². The topological polar surface area (TPSA) is 78.4 Å². The molecule has 0 spiro atoms. The van der Waals surface area contributed by atoms with Crippen molar-refractivity contribution in [2.75, 3.05) is 13.1 Å². The molecule has 0 aliphatic carbocycles. The second-order valence-corrected chi connectivity index (χ2v) is 5.06. The number of carbonyl (C=O) groups excluding carboxylic acids is 2. The lowest BCUT2D eigenvalue weighted by Gasteiger charge is -2.13. The Bertz CT molecular complexity index is 252. The van der Waals surface area contributed by atoms with Gasteiger partial charge in [0, 0.05) is 13.1 Å². The summed E-state index contributed by atoms with van der Waals surface area (Å²) in [6.45, 7) is 8.94. The zero-order valence-electron chi connectivity index (χ0n) is 11.1. The molecule has 0 rings (SSSR count). The highest BCUT2D eigenvalue weighted by molar-refractivity contribution is 5.87. The van der Waals surface area contributed by atoms with Crippen molar-refractivity contribution in [1.29, 1.82) is 0 Å². The van der Waals surface area contributed by atoms with Crippen molar-refractivity contribution < 1.29 is 14.7 Å². The Kier molecular flexibility index (Phi) is 7.54. The van der Waals surface area contributed by atoms with Crippen molar-refractivity contribution in [3.63, 3.8) is 0 Å². The first-order valence-electron chi connectivity index (χ1n) is 6.05. The largest absolute Gasteiger partial charge is 0.383 e. The molecular weight excluding hydrogens is 220 g/mol. The number of amides is 2. The third kappa shape index (κ3) is 8.68. The van der Waals surface area contributed by atoms with E-state index in [1.165, 1.54) is 0 Å². The van der Waals surface area contributed by atoms with Crippen molar-refractivity contribution in [1.82, 2.24) is 10.6 Å². The van der Waals surface area contributed by atoms with E-state index in [2.05, 4.69) is 10.6 Å². The van der Waals surface area contributed by atoms with Crippen molar-refractivity contribution in [2.24, 2.45) is 11.8 Å². The maximum atomic E-state index is 11.4. The molecule has 0 radical (unpaired) electrons. The quantitative estimate of drug-likeness (QED) is 0.602. The van der Waals surface area contributed by atoms with Gasteiger partial charge in [0.05, 0.1) is 6.42 Å². The van der Waals surface area contributed by atoms with Crippen LogP contribution in [-0.2, 0) is 9.59 Å². The fourth-order valence-corrected chi connectivity index (χ4v) is 1.08. The first-order valence-corrected chi connectivity index (χ1v) is 6.05. The molecular formula is C12H24N2O3. The molecule has 0 heterocycles. The first kappa shape index (κ1) is 15.9. The van der Waals surface area contributed by atoms with Gasteiger partial charge in [-0.25, -0.2) is 0 Å². The molecule has 17 heavy (non-hydrogen) atoms. The lowest BCUT2D eigenvalue weighted by atomic mass is 10.2. The zero-order valence-corrected chi connectivity index (χ0v) is 11.1. The molecule has 0 aromatic rings. The third-order valence-electron chi connectivity index (χ3n) is 2.07. The predicted octanol–water partition coefficient (Wildman–Crippen LogP) is 0.282. The molecule has 0 saturated heterocycles. The fraction of sp³-hybridized carbons (Fsp3) is 0.833. The lowest BCUT2D eigenvalue weighted by Crippen LogP contribution is -2.40. The number of aliphatic hydroxyl groups excluding tert-OH is 1. The van der Waals surface area contributed by atoms with Crippen LogP contribution in [0, 0.1) is 11.8 Å². The van der Waals surface area contributed by atoms with Crippen LogP contribution in [0.4, 0.5) is 0 Å². The van der Waals surface area contributed by atoms with Gasteiger partial charge in [0.15, 0.2) is 0 Å². The summed E-state index contributed by atoms with van der Waals surface area (Å²) in [5.41, 5.74) is 0. The maximum Gasteiger partial charge on any atom is 0.249 e. The number of rotatable bonds is 7. The molecule has 5 heteroatoms. The van der Waals surface area contributed by atoms with Crippen LogP contribution < -0.4 is 10.6 Å². The van der Waals surface area contributed by atoms with E-state index in [9.17, 15) is 14.7 Å². The predicted molar refractivity (Wildman–Crippen MR) is 66.3 cm³/mol. The van der Waals surface area contributed by atoms with E-state index in [0.29, 0.717) is 24.9 Å². The highest BCUT2D eigenvalue weighted by atomic mass is 16.3. The Morgan fingerprint density at radius 1 is 1.00 bits per heavy atom. The Balaban J connectivity index is 3.86. The highest BCUT2D eigenvalue weighted by Crippen LogP contribution is 1.95. The average Bonchev–Trinajstić information content (AvgIpc) is 2.22. The van der Waals surface area contributed by atoms with Crippen LogP contribution >= 0.6 is 0 Å². The molecule has 2 amide bonds. The summed E-state index contributed by atoms with van der Waals surface area (Å²) in [6.07, 6.45) is -1.45. The molecule has 0 aromatic heterocycles. The summed E-state index contributed by atoms with van der Waals surface area (Å²) in [5, 5.41) is 14.7. The van der Waals surface area contributed by atoms with E-state index >= 15 is 0 Å². The van der Waals surface area contributed by atoms with Gasteiger partial charge in [-0.15, -0.1) is 0 Å². The second-order valence-electron chi connectivity index (χ2n) is 5.06. The van der Waals surface area contributed by atoms with Gasteiger partial charge in [-0.1, -0.05) is 27.7 Å². The van der Waals surface area contributed by atoms with Crippen molar-refractivity contribution >= 4 is 11.8 Å². The van der Waals surface area contributed by atoms with Crippen LogP contribution in [0.15, 0.2) is 0 Å². The summed E-state index contributed by atoms with van der Waals surface area (Å²) < 4.78 is 0. The van der Waals surface area contributed by atoms with Crippen molar-refractivity contribution in [2.45, 2.75) is 40.2 Å². The molecule has 0 unspecified atom stereocenters. The minimum Gasteiger partial charge on any atom is -0.383 e. The number of nitrogens with one attached hydrogen (secondary N) is 2. The van der Waals surface area contributed by atoms with E-state index < -0.39 is 12.0 Å². The molecule has 0 saturated carbocycles. The highest BCUT2D eigenvalue weighted by Gasteiger charge is 2.18. The number of carbonyl (C=O) groups is 2. The zero-order chi connectivity index (χ0) is 13.4. The van der Waals surface area contributed by atoms with Gasteiger partial charge in [0.1, 0.15) is 6.10 Å². The minimum atomic E-state index is -1.26. The van der Waals surface area contributed by atoms with E-state index in [4.69, 9.17) is 0 Å². The second kappa shape index (κ2) is 8.06. The number of aliphatic hydroxyl groups is 1. The summed E-state index contributed by atoms with van der Waals surface area (Å²) in [4.78, 5) is 22.7. The van der Waals surface area contributed by atoms with Gasteiger partial charge in [-0.05, 0) is 11.8 Å². The van der Waals surface area contributed by atoms with Gasteiger partial charge < -0.3 is 15.7 Å². The van der Waals surface area contributed by atoms with Gasteiger partial charge in [-0.3, -0.25) is 9.59 Å². The maximum absolute atomic E-state index is 11.4. The number of hydrogen-bond donors (Lipinski definition) is 3. The van der Waals surface area contributed by atoms with Crippen LogP contribution in [0.25, 0.3) is 0 Å². The van der Waals surface area contributed by atoms with Gasteiger partial charge in [0.25, 0.3) is 0 Å². The van der Waals surface area contributed by atoms with Gasteiger partial charge in [-0.2, -0.15) is 0 Å². The van der Waals surface area contributed by atoms with Crippen LogP contribution in [0.2, 0.25) is 0 Å². The van der Waals surface area contributed by atoms with Crippen LogP contribution in [0.5, 0.6) is 0 Å². The molecule has 0 aromatic carbocycles. The number of hydrogen-bond acceptors (Lipinski definition) is 3. The third-order valence-corrected chi connectivity index (χ3v) is 2.07. The summed E-state index contributed by atoms with van der Waals surface area (Å²) >= 11 is 0. The van der Waals surface area contributed by atoms with Gasteiger partial charge in [0.2, 0.25) is 11.8 Å².